The van der Waals surface area contributed by atoms with E-state index in [0.717, 1.165) is 4.90 Å². The van der Waals surface area contributed by atoms with E-state index in [2.05, 4.69) is 6.07 Å². The van der Waals surface area contributed by atoms with E-state index in [0.29, 0.717) is 18.7 Å². The zero-order valence-electron chi connectivity index (χ0n) is 14.9. The molecule has 1 aliphatic heterocycles. The molecule has 28 heavy (non-hydrogen) atoms. The van der Waals surface area contributed by atoms with Gasteiger partial charge in [-0.2, -0.15) is 9.57 Å². The first kappa shape index (κ1) is 20.7. The molecule has 1 aliphatic rings. The minimum Gasteiger partial charge on any atom is -0.336 e. The molecule has 146 valence electrons. The van der Waals surface area contributed by atoms with Crippen LogP contribution in [-0.2, 0) is 10.0 Å². The highest BCUT2D eigenvalue weighted by molar-refractivity contribution is 7.99. The van der Waals surface area contributed by atoms with Gasteiger partial charge in [0.15, 0.2) is 0 Å². The van der Waals surface area contributed by atoms with Gasteiger partial charge in [0, 0.05) is 31.1 Å². The lowest BCUT2D eigenvalue weighted by molar-refractivity contribution is 0.0694. The first-order valence-corrected chi connectivity index (χ1v) is 11.4. The summed E-state index contributed by atoms with van der Waals surface area (Å²) in [5.74, 6) is 0.101. The molecular formula is C19H18ClN3O3S2. The second kappa shape index (κ2) is 8.97. The Morgan fingerprint density at radius 2 is 1.71 bits per heavy atom. The Hall–Kier alpha value is -2.05. The van der Waals surface area contributed by atoms with Crippen LogP contribution >= 0.6 is 23.4 Å². The van der Waals surface area contributed by atoms with Gasteiger partial charge in [-0.15, -0.1) is 11.8 Å². The number of halogens is 1. The lowest BCUT2D eigenvalue weighted by atomic mass is 10.2. The zero-order chi connectivity index (χ0) is 20.1. The van der Waals surface area contributed by atoms with E-state index in [1.165, 1.54) is 22.1 Å². The summed E-state index contributed by atoms with van der Waals surface area (Å²) in [5.41, 5.74) is 0.533. The van der Waals surface area contributed by atoms with Crippen LogP contribution in [0.2, 0.25) is 5.02 Å². The fourth-order valence-corrected chi connectivity index (χ4v) is 5.60. The third-order valence-corrected chi connectivity index (χ3v) is 7.73. The van der Waals surface area contributed by atoms with E-state index < -0.39 is 10.0 Å². The van der Waals surface area contributed by atoms with Crippen molar-refractivity contribution in [2.45, 2.75) is 9.79 Å². The maximum absolute atomic E-state index is 12.9. The molecule has 1 heterocycles. The number of carbonyl (C=O) groups excluding carboxylic acids is 1. The third-order valence-electron chi connectivity index (χ3n) is 4.39. The SMILES string of the molecule is N#CCSc1ccccc1C(=O)N1CCN(S(=O)(=O)c2ccccc2Cl)CC1. The van der Waals surface area contributed by atoms with Gasteiger partial charge in [-0.3, -0.25) is 4.79 Å². The topological polar surface area (TPSA) is 81.5 Å². The Morgan fingerprint density at radius 3 is 2.39 bits per heavy atom. The molecule has 0 radical (unpaired) electrons. The van der Waals surface area contributed by atoms with Crippen LogP contribution in [0.25, 0.3) is 0 Å². The lowest BCUT2D eigenvalue weighted by Crippen LogP contribution is -2.50. The number of benzene rings is 2. The van der Waals surface area contributed by atoms with Crippen LogP contribution in [0.3, 0.4) is 0 Å². The second-order valence-electron chi connectivity index (χ2n) is 6.07. The third kappa shape index (κ3) is 4.33. The van der Waals surface area contributed by atoms with Crippen molar-refractivity contribution in [3.63, 3.8) is 0 Å². The number of carbonyl (C=O) groups is 1. The Labute approximate surface area is 173 Å². The molecule has 0 N–H and O–H groups in total. The maximum atomic E-state index is 12.9. The number of amides is 1. The van der Waals surface area contributed by atoms with Gasteiger partial charge in [0.1, 0.15) is 4.90 Å². The van der Waals surface area contributed by atoms with Crippen LogP contribution in [0, 0.1) is 11.3 Å². The molecule has 0 bridgehead atoms. The Kier molecular flexibility index (Phi) is 6.62. The predicted octanol–water partition coefficient (Wildman–Crippen LogP) is 3.10. The molecule has 3 rings (SSSR count). The van der Waals surface area contributed by atoms with Crippen LogP contribution in [0.4, 0.5) is 0 Å². The number of thioether (sulfide) groups is 1. The molecule has 1 fully saturated rings. The van der Waals surface area contributed by atoms with E-state index in [4.69, 9.17) is 16.9 Å². The highest BCUT2D eigenvalue weighted by atomic mass is 35.5. The van der Waals surface area contributed by atoms with Crippen LogP contribution in [-0.4, -0.2) is 55.5 Å². The van der Waals surface area contributed by atoms with Gasteiger partial charge < -0.3 is 4.90 Å². The van der Waals surface area contributed by atoms with Crippen molar-refractivity contribution in [3.8, 4) is 6.07 Å². The molecule has 9 heteroatoms. The Morgan fingerprint density at radius 1 is 1.07 bits per heavy atom. The summed E-state index contributed by atoms with van der Waals surface area (Å²) in [6, 6.07) is 15.5. The molecule has 0 spiro atoms. The smallest absolute Gasteiger partial charge is 0.255 e. The van der Waals surface area contributed by atoms with Gasteiger partial charge in [-0.25, -0.2) is 8.42 Å². The van der Waals surface area contributed by atoms with Gasteiger partial charge >= 0.3 is 0 Å². The van der Waals surface area contributed by atoms with E-state index in [1.807, 2.05) is 12.1 Å². The molecule has 0 aliphatic carbocycles. The number of hydrogen-bond acceptors (Lipinski definition) is 5. The quantitative estimate of drug-likeness (QED) is 0.674. The van der Waals surface area contributed by atoms with E-state index in [-0.39, 0.29) is 34.7 Å². The number of rotatable bonds is 5. The van der Waals surface area contributed by atoms with Crippen molar-refractivity contribution < 1.29 is 13.2 Å². The molecule has 1 saturated heterocycles. The molecular weight excluding hydrogens is 418 g/mol. The van der Waals surface area contributed by atoms with E-state index in [1.54, 1.807) is 35.2 Å². The van der Waals surface area contributed by atoms with E-state index >= 15 is 0 Å². The minimum atomic E-state index is -3.70. The number of piperazine rings is 1. The van der Waals surface area contributed by atoms with Crippen LogP contribution in [0.1, 0.15) is 10.4 Å². The molecule has 0 atom stereocenters. The molecule has 1 amide bonds. The van der Waals surface area contributed by atoms with Gasteiger partial charge in [0.2, 0.25) is 10.0 Å². The summed E-state index contributed by atoms with van der Waals surface area (Å²) in [6.45, 7) is 0.985. The van der Waals surface area contributed by atoms with Crippen molar-refractivity contribution >= 4 is 39.3 Å². The lowest BCUT2D eigenvalue weighted by Gasteiger charge is -2.34. The standard InChI is InChI=1S/C19H18ClN3O3S2/c20-16-6-2-4-8-18(16)28(25,26)23-12-10-22(11-13-23)19(24)15-5-1-3-7-17(15)27-14-9-21/h1-8H,10-14H2. The summed E-state index contributed by atoms with van der Waals surface area (Å²) < 4.78 is 27.0. The molecule has 0 aromatic heterocycles. The van der Waals surface area contributed by atoms with Crippen molar-refractivity contribution in [2.24, 2.45) is 0 Å². The first-order chi connectivity index (χ1) is 13.4. The van der Waals surface area contributed by atoms with Gasteiger partial charge in [-0.05, 0) is 24.3 Å². The average molecular weight is 436 g/mol. The van der Waals surface area contributed by atoms with Gasteiger partial charge in [0.25, 0.3) is 5.91 Å². The number of hydrogen-bond donors (Lipinski definition) is 0. The number of nitrogens with zero attached hydrogens (tertiary/aromatic N) is 3. The molecule has 6 nitrogen and oxygen atoms in total. The largest absolute Gasteiger partial charge is 0.336 e. The maximum Gasteiger partial charge on any atom is 0.255 e. The summed E-state index contributed by atoms with van der Waals surface area (Å²) in [6.07, 6.45) is 0. The average Bonchev–Trinajstić information content (AvgIpc) is 2.72. The number of nitriles is 1. The van der Waals surface area contributed by atoms with Crippen LogP contribution in [0.15, 0.2) is 58.3 Å². The molecule has 2 aromatic rings. The summed E-state index contributed by atoms with van der Waals surface area (Å²) in [7, 11) is -3.70. The van der Waals surface area contributed by atoms with Gasteiger partial charge in [0.05, 0.1) is 22.4 Å². The fraction of sp³-hybridized carbons (Fsp3) is 0.263. The summed E-state index contributed by atoms with van der Waals surface area (Å²) in [4.78, 5) is 15.4. The summed E-state index contributed by atoms with van der Waals surface area (Å²) >= 11 is 7.36. The molecule has 0 unspecified atom stereocenters. The van der Waals surface area contributed by atoms with Crippen molar-refractivity contribution in [2.75, 3.05) is 31.9 Å². The van der Waals surface area contributed by atoms with E-state index in [9.17, 15) is 13.2 Å². The zero-order valence-corrected chi connectivity index (χ0v) is 17.3. The highest BCUT2D eigenvalue weighted by Gasteiger charge is 2.32. The number of sulfonamides is 1. The van der Waals surface area contributed by atoms with Crippen LogP contribution in [0.5, 0.6) is 0 Å². The Balaban J connectivity index is 1.72. The van der Waals surface area contributed by atoms with Crippen molar-refractivity contribution in [1.29, 1.82) is 5.26 Å². The minimum absolute atomic E-state index is 0.0784. The summed E-state index contributed by atoms with van der Waals surface area (Å²) in [5, 5.41) is 8.97. The van der Waals surface area contributed by atoms with Crippen molar-refractivity contribution in [3.05, 3.63) is 59.1 Å². The highest BCUT2D eigenvalue weighted by Crippen LogP contribution is 2.27. The van der Waals surface area contributed by atoms with Crippen molar-refractivity contribution in [1.82, 2.24) is 9.21 Å². The fourth-order valence-electron chi connectivity index (χ4n) is 2.97. The van der Waals surface area contributed by atoms with Gasteiger partial charge in [-0.1, -0.05) is 35.9 Å². The van der Waals surface area contributed by atoms with Crippen LogP contribution < -0.4 is 0 Å². The molecule has 2 aromatic carbocycles. The normalized spacial score (nSPS) is 15.2. The predicted molar refractivity (Wildman–Crippen MR) is 109 cm³/mol. The monoisotopic (exact) mass is 435 g/mol. The Bertz CT molecular complexity index is 1010. The second-order valence-corrected chi connectivity index (χ2v) is 9.40. The molecule has 0 saturated carbocycles. The first-order valence-electron chi connectivity index (χ1n) is 8.58.